The van der Waals surface area contributed by atoms with Crippen molar-refractivity contribution in [1.29, 1.82) is 0 Å². The number of rotatable bonds is 1. The molecule has 0 fully saturated rings. The van der Waals surface area contributed by atoms with Gasteiger partial charge >= 0.3 is 0 Å². The van der Waals surface area contributed by atoms with Crippen LogP contribution in [0.1, 0.15) is 4.88 Å². The smallest absolute Gasteiger partial charge is 0.0713 e. The molecule has 0 unspecified atom stereocenters. The Hall–Kier alpha value is -1.15. The molecule has 0 aliphatic carbocycles. The molecule has 2 aromatic heterocycles. The minimum atomic E-state index is 1.03. The van der Waals surface area contributed by atoms with Crippen molar-refractivity contribution in [3.63, 3.8) is 0 Å². The number of thiophene rings is 1. The van der Waals surface area contributed by atoms with Crippen LogP contribution in [0.15, 0.2) is 30.5 Å². The lowest BCUT2D eigenvalue weighted by molar-refractivity contribution is 1.32. The van der Waals surface area contributed by atoms with Crippen LogP contribution in [0.25, 0.3) is 11.3 Å². The third-order valence-electron chi connectivity index (χ3n) is 1.74. The molecule has 0 aromatic carbocycles. The molecule has 0 aliphatic rings. The molecule has 0 aliphatic heterocycles. The highest BCUT2D eigenvalue weighted by Crippen LogP contribution is 2.24. The number of hydrogen-bond donors (Lipinski definition) is 0. The van der Waals surface area contributed by atoms with Gasteiger partial charge in [-0.25, -0.2) is 0 Å². The van der Waals surface area contributed by atoms with Crippen molar-refractivity contribution >= 4 is 11.3 Å². The maximum atomic E-state index is 4.27. The van der Waals surface area contributed by atoms with Gasteiger partial charge in [0, 0.05) is 22.0 Å². The largest absolute Gasteiger partial charge is 0.256 e. The summed E-state index contributed by atoms with van der Waals surface area (Å²) < 4.78 is 0. The Morgan fingerprint density at radius 2 is 2.33 bits per heavy atom. The average molecular weight is 174 g/mol. The van der Waals surface area contributed by atoms with E-state index in [1.165, 1.54) is 10.4 Å². The van der Waals surface area contributed by atoms with E-state index in [1.54, 1.807) is 11.3 Å². The summed E-state index contributed by atoms with van der Waals surface area (Å²) in [5.74, 6) is 0. The second kappa shape index (κ2) is 3.07. The lowest BCUT2D eigenvalue weighted by Gasteiger charge is -1.96. The van der Waals surface area contributed by atoms with Crippen molar-refractivity contribution in [1.82, 2.24) is 4.98 Å². The fourth-order valence-corrected chi connectivity index (χ4v) is 1.74. The fraction of sp³-hybridized carbons (Fsp3) is 0.100. The molecule has 1 nitrogen and oxygen atoms in total. The van der Waals surface area contributed by atoms with Gasteiger partial charge in [-0.05, 0) is 25.1 Å². The van der Waals surface area contributed by atoms with Gasteiger partial charge in [0.15, 0.2) is 0 Å². The van der Waals surface area contributed by atoms with E-state index in [0.717, 1.165) is 5.69 Å². The van der Waals surface area contributed by atoms with Gasteiger partial charge in [0.05, 0.1) is 5.69 Å². The Labute approximate surface area is 75.7 Å². The summed E-state index contributed by atoms with van der Waals surface area (Å²) in [6.45, 7) is 2.09. The molecule has 0 amide bonds. The summed E-state index contributed by atoms with van der Waals surface area (Å²) >= 11 is 1.63. The second-order valence-electron chi connectivity index (χ2n) is 2.55. The quantitative estimate of drug-likeness (QED) is 0.647. The van der Waals surface area contributed by atoms with Crippen LogP contribution in [0, 0.1) is 12.3 Å². The van der Waals surface area contributed by atoms with Crippen LogP contribution in [0.3, 0.4) is 0 Å². The van der Waals surface area contributed by atoms with Crippen molar-refractivity contribution in [2.24, 2.45) is 0 Å². The summed E-state index contributed by atoms with van der Waals surface area (Å²) in [7, 11) is 0. The van der Waals surface area contributed by atoms with Crippen molar-refractivity contribution in [3.8, 4) is 11.3 Å². The summed E-state index contributed by atoms with van der Waals surface area (Å²) in [5, 5.41) is 3.10. The maximum Gasteiger partial charge on any atom is 0.0713 e. The van der Waals surface area contributed by atoms with Crippen LogP contribution in [-0.2, 0) is 0 Å². The van der Waals surface area contributed by atoms with E-state index in [9.17, 15) is 0 Å². The number of aryl methyl sites for hydroxylation is 1. The van der Waals surface area contributed by atoms with Gasteiger partial charge in [-0.2, -0.15) is 0 Å². The monoisotopic (exact) mass is 174 g/mol. The van der Waals surface area contributed by atoms with Crippen molar-refractivity contribution in [3.05, 3.63) is 40.7 Å². The molecule has 0 saturated carbocycles. The first-order valence-electron chi connectivity index (χ1n) is 3.76. The third kappa shape index (κ3) is 1.25. The van der Waals surface area contributed by atoms with Crippen molar-refractivity contribution in [2.45, 2.75) is 6.92 Å². The molecule has 2 rings (SSSR count). The SMILES string of the molecule is Cc1s[c]cc1-c1ccccn1. The Balaban J connectivity index is 2.51. The van der Waals surface area contributed by atoms with Crippen LogP contribution >= 0.6 is 11.3 Å². The Bertz CT molecular complexity index is 364. The van der Waals surface area contributed by atoms with Crippen LogP contribution < -0.4 is 0 Å². The van der Waals surface area contributed by atoms with Crippen LogP contribution in [0.4, 0.5) is 0 Å². The number of aromatic nitrogens is 1. The minimum absolute atomic E-state index is 1.03. The number of nitrogens with zero attached hydrogens (tertiary/aromatic N) is 1. The molecule has 0 spiro atoms. The van der Waals surface area contributed by atoms with Gasteiger partial charge < -0.3 is 0 Å². The van der Waals surface area contributed by atoms with Gasteiger partial charge in [0.2, 0.25) is 0 Å². The Morgan fingerprint density at radius 1 is 1.42 bits per heavy atom. The summed E-state index contributed by atoms with van der Waals surface area (Å²) in [6, 6.07) is 7.93. The van der Waals surface area contributed by atoms with Crippen molar-refractivity contribution in [2.75, 3.05) is 0 Å². The molecule has 2 aromatic rings. The van der Waals surface area contributed by atoms with Crippen LogP contribution in [-0.4, -0.2) is 4.98 Å². The molecular formula is C10H8NS. The van der Waals surface area contributed by atoms with Gasteiger partial charge in [-0.3, -0.25) is 4.98 Å². The second-order valence-corrected chi connectivity index (χ2v) is 3.60. The summed E-state index contributed by atoms with van der Waals surface area (Å²) in [4.78, 5) is 5.54. The van der Waals surface area contributed by atoms with E-state index in [1.807, 2.05) is 30.5 Å². The van der Waals surface area contributed by atoms with Crippen LogP contribution in [0.5, 0.6) is 0 Å². The maximum absolute atomic E-state index is 4.27. The average Bonchev–Trinajstić information content (AvgIpc) is 2.53. The lowest BCUT2D eigenvalue weighted by atomic mass is 10.2. The molecule has 0 bridgehead atoms. The van der Waals surface area contributed by atoms with Gasteiger partial charge in [-0.15, -0.1) is 11.3 Å². The highest BCUT2D eigenvalue weighted by molar-refractivity contribution is 7.09. The summed E-state index contributed by atoms with van der Waals surface area (Å²) in [5.41, 5.74) is 2.23. The normalized spacial score (nSPS) is 10.1. The van der Waals surface area contributed by atoms with Gasteiger partial charge in [0.1, 0.15) is 0 Å². The molecule has 0 N–H and O–H groups in total. The molecule has 1 radical (unpaired) electrons. The molecule has 0 atom stereocenters. The molecule has 2 heteroatoms. The fourth-order valence-electron chi connectivity index (χ4n) is 1.11. The molecular weight excluding hydrogens is 166 g/mol. The van der Waals surface area contributed by atoms with E-state index in [0.29, 0.717) is 0 Å². The van der Waals surface area contributed by atoms with Crippen molar-refractivity contribution < 1.29 is 0 Å². The van der Waals surface area contributed by atoms with E-state index >= 15 is 0 Å². The standard InChI is InChI=1S/C10H8NS/c1-8-9(5-7-12-8)10-4-2-3-6-11-10/h2-6H,1H3. The Kier molecular flexibility index (Phi) is 1.92. The van der Waals surface area contributed by atoms with E-state index in [-0.39, 0.29) is 0 Å². The Morgan fingerprint density at radius 3 is 2.92 bits per heavy atom. The van der Waals surface area contributed by atoms with Gasteiger partial charge in [-0.1, -0.05) is 6.07 Å². The van der Waals surface area contributed by atoms with E-state index < -0.39 is 0 Å². The topological polar surface area (TPSA) is 12.9 Å². The van der Waals surface area contributed by atoms with E-state index in [2.05, 4.69) is 17.3 Å². The molecule has 59 valence electrons. The third-order valence-corrected chi connectivity index (χ3v) is 2.50. The zero-order valence-corrected chi connectivity index (χ0v) is 7.56. The predicted molar refractivity (Wildman–Crippen MR) is 51.1 cm³/mol. The number of pyridine rings is 1. The first kappa shape index (κ1) is 7.50. The minimum Gasteiger partial charge on any atom is -0.256 e. The highest BCUT2D eigenvalue weighted by Gasteiger charge is 2.02. The molecule has 2 heterocycles. The lowest BCUT2D eigenvalue weighted by Crippen LogP contribution is -1.79. The van der Waals surface area contributed by atoms with Crippen LogP contribution in [0.2, 0.25) is 0 Å². The first-order valence-corrected chi connectivity index (χ1v) is 4.57. The van der Waals surface area contributed by atoms with Gasteiger partial charge in [0.25, 0.3) is 0 Å². The zero-order chi connectivity index (χ0) is 8.39. The summed E-state index contributed by atoms with van der Waals surface area (Å²) in [6.07, 6.45) is 1.81. The zero-order valence-electron chi connectivity index (χ0n) is 6.74. The molecule has 0 saturated heterocycles. The highest BCUT2D eigenvalue weighted by atomic mass is 32.1. The number of hydrogen-bond acceptors (Lipinski definition) is 2. The molecule has 12 heavy (non-hydrogen) atoms. The predicted octanol–water partition coefficient (Wildman–Crippen LogP) is 2.92. The first-order chi connectivity index (χ1) is 5.88. The van der Waals surface area contributed by atoms with E-state index in [4.69, 9.17) is 0 Å².